The van der Waals surface area contributed by atoms with Gasteiger partial charge in [-0.1, -0.05) is 41.9 Å². The molecular formula is C28H28ClN3O4S. The number of thiophene rings is 1. The van der Waals surface area contributed by atoms with Gasteiger partial charge in [-0.05, 0) is 72.0 Å². The lowest BCUT2D eigenvalue weighted by Gasteiger charge is -2.28. The average Bonchev–Trinajstić information content (AvgIpc) is 3.57. The highest BCUT2D eigenvalue weighted by Gasteiger charge is 2.38. The van der Waals surface area contributed by atoms with Crippen LogP contribution in [0.3, 0.4) is 0 Å². The molecule has 0 spiro atoms. The molecule has 9 heteroatoms. The Balaban J connectivity index is 1.28. The van der Waals surface area contributed by atoms with Gasteiger partial charge in [-0.25, -0.2) is 0 Å². The summed E-state index contributed by atoms with van der Waals surface area (Å²) < 4.78 is 0. The monoisotopic (exact) mass is 537 g/mol. The van der Waals surface area contributed by atoms with Gasteiger partial charge >= 0.3 is 0 Å². The number of aliphatic hydroxyl groups is 2. The first-order chi connectivity index (χ1) is 17.9. The molecular weight excluding hydrogens is 510 g/mol. The summed E-state index contributed by atoms with van der Waals surface area (Å²) in [5.74, 6) is -1.47. The van der Waals surface area contributed by atoms with Gasteiger partial charge in [-0.3, -0.25) is 9.59 Å². The number of aliphatic hydroxyl groups excluding tert-OH is 2. The van der Waals surface area contributed by atoms with Crippen molar-refractivity contribution in [2.24, 2.45) is 0 Å². The van der Waals surface area contributed by atoms with Crippen LogP contribution in [-0.2, 0) is 22.4 Å². The van der Waals surface area contributed by atoms with Gasteiger partial charge in [0.05, 0.1) is 17.7 Å². The Morgan fingerprint density at radius 2 is 1.97 bits per heavy atom. The van der Waals surface area contributed by atoms with E-state index in [2.05, 4.69) is 11.4 Å². The van der Waals surface area contributed by atoms with E-state index in [1.165, 1.54) is 4.90 Å². The Labute approximate surface area is 224 Å². The number of nitrogens with one attached hydrogen (secondary N) is 1. The largest absolute Gasteiger partial charge is 0.380 e. The SMILES string of the molecule is N#Cc1ccccc1Cc1csc(CCNC(=O)[C@H](O)[C@@H](O)C(=O)N2CCC[C@@H]2c2cccc(Cl)c2)c1. The van der Waals surface area contributed by atoms with E-state index >= 15 is 0 Å². The Morgan fingerprint density at radius 3 is 2.76 bits per heavy atom. The molecule has 3 N–H and O–H groups in total. The molecule has 3 atom stereocenters. The van der Waals surface area contributed by atoms with Gasteiger partial charge < -0.3 is 20.4 Å². The molecule has 3 aromatic rings. The highest BCUT2D eigenvalue weighted by molar-refractivity contribution is 7.10. The maximum Gasteiger partial charge on any atom is 0.255 e. The Kier molecular flexibility index (Phi) is 8.95. The highest BCUT2D eigenvalue weighted by Crippen LogP contribution is 2.33. The van der Waals surface area contributed by atoms with Crippen molar-refractivity contribution in [2.75, 3.05) is 13.1 Å². The molecule has 0 radical (unpaired) electrons. The molecule has 1 fully saturated rings. The predicted octanol–water partition coefficient (Wildman–Crippen LogP) is 3.61. The molecule has 2 heterocycles. The van der Waals surface area contributed by atoms with Crippen molar-refractivity contribution in [3.63, 3.8) is 0 Å². The average molecular weight is 538 g/mol. The first-order valence-electron chi connectivity index (χ1n) is 12.1. The van der Waals surface area contributed by atoms with Gasteiger partial charge in [0, 0.05) is 23.0 Å². The third-order valence-corrected chi connectivity index (χ3v) is 7.78. The van der Waals surface area contributed by atoms with E-state index in [0.717, 1.165) is 28.0 Å². The second kappa shape index (κ2) is 12.3. The van der Waals surface area contributed by atoms with Crippen molar-refractivity contribution in [1.29, 1.82) is 5.26 Å². The lowest BCUT2D eigenvalue weighted by Crippen LogP contribution is -2.50. The number of rotatable bonds is 9. The normalized spacial score (nSPS) is 16.7. The van der Waals surface area contributed by atoms with Crippen LogP contribution in [0, 0.1) is 11.3 Å². The first-order valence-corrected chi connectivity index (χ1v) is 13.4. The number of likely N-dealkylation sites (tertiary alicyclic amines) is 1. The molecule has 1 saturated heterocycles. The summed E-state index contributed by atoms with van der Waals surface area (Å²) in [7, 11) is 0. The van der Waals surface area contributed by atoms with E-state index in [0.29, 0.717) is 36.4 Å². The van der Waals surface area contributed by atoms with E-state index in [1.807, 2.05) is 35.7 Å². The van der Waals surface area contributed by atoms with Crippen LogP contribution in [-0.4, -0.2) is 52.2 Å². The van der Waals surface area contributed by atoms with Crippen LogP contribution in [0.2, 0.25) is 5.02 Å². The fourth-order valence-electron chi connectivity index (χ4n) is 4.61. The number of nitriles is 1. The van der Waals surface area contributed by atoms with Crippen molar-refractivity contribution in [3.8, 4) is 6.07 Å². The number of carbonyl (C=O) groups is 2. The number of carbonyl (C=O) groups excluding carboxylic acids is 2. The smallest absolute Gasteiger partial charge is 0.255 e. The third-order valence-electron chi connectivity index (χ3n) is 6.50. The summed E-state index contributed by atoms with van der Waals surface area (Å²) >= 11 is 7.64. The molecule has 2 aromatic carbocycles. The van der Waals surface area contributed by atoms with Crippen LogP contribution >= 0.6 is 22.9 Å². The molecule has 37 heavy (non-hydrogen) atoms. The summed E-state index contributed by atoms with van der Waals surface area (Å²) in [6, 6.07) is 18.7. The Bertz CT molecular complexity index is 1300. The molecule has 0 unspecified atom stereocenters. The number of nitrogens with zero attached hydrogens (tertiary/aromatic N) is 2. The molecule has 7 nitrogen and oxygen atoms in total. The maximum absolute atomic E-state index is 12.9. The minimum atomic E-state index is -1.87. The summed E-state index contributed by atoms with van der Waals surface area (Å²) in [5.41, 5.74) is 3.54. The molecule has 1 aliphatic rings. The Hall–Kier alpha value is -3.22. The van der Waals surface area contributed by atoms with Gasteiger partial charge in [0.1, 0.15) is 0 Å². The van der Waals surface area contributed by atoms with E-state index in [9.17, 15) is 25.1 Å². The van der Waals surface area contributed by atoms with Crippen molar-refractivity contribution >= 4 is 34.8 Å². The van der Waals surface area contributed by atoms with Gasteiger partial charge in [-0.2, -0.15) is 5.26 Å². The zero-order chi connectivity index (χ0) is 26.4. The maximum atomic E-state index is 12.9. The molecule has 0 aliphatic carbocycles. The molecule has 1 aromatic heterocycles. The van der Waals surface area contributed by atoms with Gasteiger partial charge in [-0.15, -0.1) is 11.3 Å². The second-order valence-corrected chi connectivity index (χ2v) is 10.5. The third kappa shape index (κ3) is 6.56. The van der Waals surface area contributed by atoms with E-state index < -0.39 is 24.0 Å². The van der Waals surface area contributed by atoms with Crippen LogP contribution in [0.25, 0.3) is 0 Å². The van der Waals surface area contributed by atoms with E-state index in [4.69, 9.17) is 11.6 Å². The van der Waals surface area contributed by atoms with Crippen LogP contribution in [0.15, 0.2) is 60.0 Å². The van der Waals surface area contributed by atoms with Crippen LogP contribution in [0.4, 0.5) is 0 Å². The number of benzene rings is 2. The minimum Gasteiger partial charge on any atom is -0.380 e. The molecule has 192 valence electrons. The van der Waals surface area contributed by atoms with Crippen molar-refractivity contribution < 1.29 is 19.8 Å². The summed E-state index contributed by atoms with van der Waals surface area (Å²) in [4.78, 5) is 28.0. The van der Waals surface area contributed by atoms with Crippen molar-refractivity contribution in [1.82, 2.24) is 10.2 Å². The molecule has 0 bridgehead atoms. The van der Waals surface area contributed by atoms with Crippen molar-refractivity contribution in [3.05, 3.63) is 92.1 Å². The number of hydrogen-bond acceptors (Lipinski definition) is 6. The molecule has 2 amide bonds. The Morgan fingerprint density at radius 1 is 1.16 bits per heavy atom. The topological polar surface area (TPSA) is 114 Å². The fourth-order valence-corrected chi connectivity index (χ4v) is 5.70. The fraction of sp³-hybridized carbons (Fsp3) is 0.321. The second-order valence-electron chi connectivity index (χ2n) is 9.04. The van der Waals surface area contributed by atoms with E-state index in [1.54, 1.807) is 35.6 Å². The number of amides is 2. The van der Waals surface area contributed by atoms with Gasteiger partial charge in [0.25, 0.3) is 11.8 Å². The standard InChI is InChI=1S/C28H28ClN3O4S/c29-22-8-3-7-20(15-22)24-9-4-12-32(24)28(36)26(34)25(33)27(35)31-11-10-23-14-18(17-37-23)13-19-5-1-2-6-21(19)16-30/h1-3,5-8,14-15,17,24-26,33-34H,4,9-13H2,(H,31,35)/t24-,25-,26-/m1/s1. The van der Waals surface area contributed by atoms with Gasteiger partial charge in [0.15, 0.2) is 12.2 Å². The van der Waals surface area contributed by atoms with Crippen LogP contribution in [0.1, 0.15) is 46.0 Å². The lowest BCUT2D eigenvalue weighted by atomic mass is 10.0. The molecule has 1 aliphatic heterocycles. The summed E-state index contributed by atoms with van der Waals surface area (Å²) in [6.45, 7) is 0.682. The van der Waals surface area contributed by atoms with Gasteiger partial charge in [0.2, 0.25) is 0 Å². The number of halogens is 1. The van der Waals surface area contributed by atoms with E-state index in [-0.39, 0.29) is 12.6 Å². The lowest BCUT2D eigenvalue weighted by molar-refractivity contribution is -0.153. The minimum absolute atomic E-state index is 0.250. The predicted molar refractivity (Wildman–Crippen MR) is 142 cm³/mol. The zero-order valence-corrected chi connectivity index (χ0v) is 21.7. The zero-order valence-electron chi connectivity index (χ0n) is 20.1. The summed E-state index contributed by atoms with van der Waals surface area (Å²) in [6.07, 6.45) is -1.07. The van der Waals surface area contributed by atoms with Crippen molar-refractivity contribution in [2.45, 2.75) is 43.9 Å². The number of hydrogen-bond donors (Lipinski definition) is 3. The van der Waals surface area contributed by atoms with Crippen LogP contribution < -0.4 is 5.32 Å². The molecule has 4 rings (SSSR count). The summed E-state index contributed by atoms with van der Waals surface area (Å²) in [5, 5.41) is 35.3. The highest BCUT2D eigenvalue weighted by atomic mass is 35.5. The molecule has 0 saturated carbocycles. The van der Waals surface area contributed by atoms with Crippen LogP contribution in [0.5, 0.6) is 0 Å². The first kappa shape index (κ1) is 26.8. The quantitative estimate of drug-likeness (QED) is 0.386.